The van der Waals surface area contributed by atoms with Crippen molar-refractivity contribution in [3.8, 4) is 0 Å². The van der Waals surface area contributed by atoms with E-state index in [2.05, 4.69) is 6.92 Å². The molecule has 0 aromatic carbocycles. The van der Waals surface area contributed by atoms with Crippen molar-refractivity contribution in [1.82, 2.24) is 0 Å². The van der Waals surface area contributed by atoms with Crippen LogP contribution in [0.1, 0.15) is 71.6 Å². The van der Waals surface area contributed by atoms with E-state index in [4.69, 9.17) is 4.74 Å². The summed E-state index contributed by atoms with van der Waals surface area (Å²) in [5, 5.41) is 10.8. The van der Waals surface area contributed by atoms with Crippen LogP contribution < -0.4 is 0 Å². The Morgan fingerprint density at radius 2 is 1.80 bits per heavy atom. The summed E-state index contributed by atoms with van der Waals surface area (Å²) >= 11 is 0. The van der Waals surface area contributed by atoms with Gasteiger partial charge in [0.15, 0.2) is 0 Å². The number of hydrogen-bond donors (Lipinski definition) is 1. The first kappa shape index (κ1) is 18.0. The molecule has 0 heterocycles. The maximum absolute atomic E-state index is 12.2. The minimum atomic E-state index is -0.584. The lowest BCUT2D eigenvalue weighted by Gasteiger charge is -2.57. The molecule has 0 radical (unpaired) electrons. The molecule has 0 saturated heterocycles. The van der Waals surface area contributed by atoms with E-state index in [1.807, 2.05) is 6.92 Å². The van der Waals surface area contributed by atoms with Gasteiger partial charge in [-0.25, -0.2) is 0 Å². The summed E-state index contributed by atoms with van der Waals surface area (Å²) in [5.74, 6) is 4.67. The second kappa shape index (κ2) is 6.34. The Kier molecular flexibility index (Phi) is 4.56. The Bertz CT molecular complexity index is 531. The van der Waals surface area contributed by atoms with Crippen LogP contribution in [0.25, 0.3) is 0 Å². The lowest BCUT2D eigenvalue weighted by atomic mass is 9.49. The van der Waals surface area contributed by atoms with E-state index in [-0.39, 0.29) is 5.41 Å². The van der Waals surface area contributed by atoms with Gasteiger partial charge >= 0.3 is 0 Å². The second-order valence-electron chi connectivity index (χ2n) is 10.1. The highest BCUT2D eigenvalue weighted by Gasteiger charge is 2.58. The zero-order valence-electron chi connectivity index (χ0n) is 16.3. The minimum absolute atomic E-state index is 0.269. The third-order valence-corrected chi connectivity index (χ3v) is 9.01. The number of Topliss-reactive ketones (excluding diaryl/α,β-unsaturated/α-hetero) is 1. The average Bonchev–Trinajstić information content (AvgIpc) is 2.91. The van der Waals surface area contributed by atoms with E-state index in [1.165, 1.54) is 38.5 Å². The molecule has 142 valence electrons. The molecule has 0 aliphatic heterocycles. The zero-order chi connectivity index (χ0) is 17.8. The first-order valence-corrected chi connectivity index (χ1v) is 10.6. The van der Waals surface area contributed by atoms with Crippen LogP contribution in [0.4, 0.5) is 0 Å². The van der Waals surface area contributed by atoms with Crippen molar-refractivity contribution in [2.24, 2.45) is 40.9 Å². The number of carbonyl (C=O) groups is 1. The number of rotatable bonds is 3. The lowest BCUT2D eigenvalue weighted by Crippen LogP contribution is -2.52. The Morgan fingerprint density at radius 3 is 2.52 bits per heavy atom. The highest BCUT2D eigenvalue weighted by molar-refractivity contribution is 5.79. The molecule has 0 aromatic heterocycles. The number of aliphatic hydroxyl groups is 1. The minimum Gasteiger partial charge on any atom is -0.387 e. The van der Waals surface area contributed by atoms with Crippen molar-refractivity contribution in [2.75, 3.05) is 13.7 Å². The average molecular weight is 349 g/mol. The molecule has 1 N–H and O–H groups in total. The maximum Gasteiger partial charge on any atom is 0.133 e. The fraction of sp³-hybridized carbons (Fsp3) is 0.955. The summed E-state index contributed by atoms with van der Waals surface area (Å²) in [7, 11) is 1.70. The van der Waals surface area contributed by atoms with Crippen molar-refractivity contribution in [1.29, 1.82) is 0 Å². The summed E-state index contributed by atoms with van der Waals surface area (Å²) < 4.78 is 5.29. The molecule has 0 aromatic rings. The number of ether oxygens (including phenoxy) is 1. The van der Waals surface area contributed by atoms with Crippen molar-refractivity contribution >= 4 is 5.78 Å². The summed E-state index contributed by atoms with van der Waals surface area (Å²) in [4.78, 5) is 12.2. The highest BCUT2D eigenvalue weighted by atomic mass is 16.5. The molecule has 3 nitrogen and oxygen atoms in total. The van der Waals surface area contributed by atoms with Gasteiger partial charge in [-0.15, -0.1) is 0 Å². The molecule has 0 amide bonds. The Morgan fingerprint density at radius 1 is 1.04 bits per heavy atom. The molecule has 3 heteroatoms. The molecular formula is C22H36O3. The van der Waals surface area contributed by atoms with E-state index in [0.29, 0.717) is 24.2 Å². The van der Waals surface area contributed by atoms with Gasteiger partial charge < -0.3 is 9.84 Å². The molecule has 0 bridgehead atoms. The molecule has 0 spiro atoms. The van der Waals surface area contributed by atoms with Crippen LogP contribution >= 0.6 is 0 Å². The van der Waals surface area contributed by atoms with Gasteiger partial charge in [0.25, 0.3) is 0 Å². The monoisotopic (exact) mass is 348 g/mol. The highest BCUT2D eigenvalue weighted by Crippen LogP contribution is 2.64. The molecule has 4 aliphatic carbocycles. The Labute approximate surface area is 152 Å². The SMILES string of the molecule is COCC1(O)CC[C@H]2[C@@H](CC[C@@H]3[C@@H]2CC[C@]2(C)[C@@H](C(C)=O)CC[C@@H]32)C1. The normalized spacial score (nSPS) is 52.2. The Balaban J connectivity index is 1.51. The van der Waals surface area contributed by atoms with Gasteiger partial charge in [0.1, 0.15) is 5.78 Å². The van der Waals surface area contributed by atoms with Crippen LogP contribution in [-0.4, -0.2) is 30.2 Å². The predicted octanol–water partition coefficient (Wildman–Crippen LogP) is 4.22. The van der Waals surface area contributed by atoms with Gasteiger partial charge in [0.05, 0.1) is 12.2 Å². The van der Waals surface area contributed by atoms with E-state index >= 15 is 0 Å². The molecular weight excluding hydrogens is 312 g/mol. The number of fused-ring (bicyclic) bond motifs is 5. The first-order valence-electron chi connectivity index (χ1n) is 10.6. The van der Waals surface area contributed by atoms with Gasteiger partial charge in [-0.1, -0.05) is 6.92 Å². The van der Waals surface area contributed by atoms with E-state index < -0.39 is 5.60 Å². The second-order valence-corrected chi connectivity index (χ2v) is 10.1. The van der Waals surface area contributed by atoms with Crippen molar-refractivity contribution < 1.29 is 14.6 Å². The zero-order valence-corrected chi connectivity index (χ0v) is 16.3. The maximum atomic E-state index is 12.2. The Hall–Kier alpha value is -0.410. The van der Waals surface area contributed by atoms with E-state index in [1.54, 1.807) is 7.11 Å². The van der Waals surface area contributed by atoms with Crippen molar-refractivity contribution in [3.05, 3.63) is 0 Å². The molecule has 8 atom stereocenters. The molecule has 4 fully saturated rings. The van der Waals surface area contributed by atoms with Crippen LogP contribution in [0.5, 0.6) is 0 Å². The van der Waals surface area contributed by atoms with E-state index in [0.717, 1.165) is 42.9 Å². The van der Waals surface area contributed by atoms with E-state index in [9.17, 15) is 9.90 Å². The molecule has 1 unspecified atom stereocenters. The number of carbonyl (C=O) groups excluding carboxylic acids is 1. The van der Waals surface area contributed by atoms with Crippen LogP contribution in [-0.2, 0) is 9.53 Å². The summed E-state index contributed by atoms with van der Waals surface area (Å²) in [6.45, 7) is 4.74. The predicted molar refractivity (Wildman–Crippen MR) is 98.1 cm³/mol. The van der Waals surface area contributed by atoms with Gasteiger partial charge in [0, 0.05) is 13.0 Å². The molecule has 4 rings (SSSR count). The third-order valence-electron chi connectivity index (χ3n) is 9.01. The molecule has 4 saturated carbocycles. The largest absolute Gasteiger partial charge is 0.387 e. The third kappa shape index (κ3) is 2.81. The van der Waals surface area contributed by atoms with Gasteiger partial charge in [-0.3, -0.25) is 4.79 Å². The van der Waals surface area contributed by atoms with Crippen molar-refractivity contribution in [2.45, 2.75) is 77.2 Å². The smallest absolute Gasteiger partial charge is 0.133 e. The quantitative estimate of drug-likeness (QED) is 0.830. The summed E-state index contributed by atoms with van der Waals surface area (Å²) in [6, 6.07) is 0. The molecule has 4 aliphatic rings. The molecule has 25 heavy (non-hydrogen) atoms. The van der Waals surface area contributed by atoms with Crippen LogP contribution in [0.15, 0.2) is 0 Å². The first-order chi connectivity index (χ1) is 11.9. The number of methoxy groups -OCH3 is 1. The fourth-order valence-electron chi connectivity index (χ4n) is 8.03. The van der Waals surface area contributed by atoms with Crippen LogP contribution in [0.3, 0.4) is 0 Å². The van der Waals surface area contributed by atoms with Crippen LogP contribution in [0, 0.1) is 40.9 Å². The standard InChI is InChI=1S/C22H36O3/c1-14(23)19-6-7-20-18-5-4-15-12-22(24,13-25-3)11-9-16(15)17(18)8-10-21(19,20)2/h15-20,24H,4-13H2,1-3H3/t15-,16-,17+,18+,19+,20-,21+,22?/m0/s1. The summed E-state index contributed by atoms with van der Waals surface area (Å²) in [6.07, 6.45) is 10.6. The van der Waals surface area contributed by atoms with Gasteiger partial charge in [-0.05, 0) is 99.7 Å². The number of ketones is 1. The van der Waals surface area contributed by atoms with Crippen LogP contribution in [0.2, 0.25) is 0 Å². The lowest BCUT2D eigenvalue weighted by molar-refractivity contribution is -0.134. The topological polar surface area (TPSA) is 46.5 Å². The number of hydrogen-bond acceptors (Lipinski definition) is 3. The van der Waals surface area contributed by atoms with Crippen molar-refractivity contribution in [3.63, 3.8) is 0 Å². The summed E-state index contributed by atoms with van der Waals surface area (Å²) in [5.41, 5.74) is -0.315. The fourth-order valence-corrected chi connectivity index (χ4v) is 8.03. The van der Waals surface area contributed by atoms with Gasteiger partial charge in [0.2, 0.25) is 0 Å². The van der Waals surface area contributed by atoms with Gasteiger partial charge in [-0.2, -0.15) is 0 Å².